The molecule has 3 aromatic rings. The van der Waals surface area contributed by atoms with Crippen molar-refractivity contribution >= 4 is 0 Å². The molecule has 4 rings (SSSR count). The Bertz CT molecular complexity index is 785. The van der Waals surface area contributed by atoms with Gasteiger partial charge in [0.05, 0.1) is 30.6 Å². The monoisotopic (exact) mass is 338 g/mol. The Labute approximate surface area is 146 Å². The molecule has 0 bridgehead atoms. The van der Waals surface area contributed by atoms with Gasteiger partial charge in [-0.15, -0.1) is 0 Å². The SMILES string of the molecule is CO[C@@H]1C[C@@H](c2ncc(-c3cccnc3)[nH]2)N(CCn2cccn2)C1. The third-order valence-corrected chi connectivity index (χ3v) is 4.76. The Morgan fingerprint density at radius 3 is 2.96 bits per heavy atom. The Morgan fingerprint density at radius 1 is 1.24 bits per heavy atom. The number of hydrogen-bond donors (Lipinski definition) is 1. The van der Waals surface area contributed by atoms with Crippen LogP contribution in [0.25, 0.3) is 11.3 Å². The lowest BCUT2D eigenvalue weighted by atomic mass is 10.2. The molecule has 1 N–H and O–H groups in total. The van der Waals surface area contributed by atoms with Gasteiger partial charge in [0.15, 0.2) is 0 Å². The van der Waals surface area contributed by atoms with Gasteiger partial charge in [-0.3, -0.25) is 14.6 Å². The molecule has 1 saturated heterocycles. The molecule has 25 heavy (non-hydrogen) atoms. The number of aromatic amines is 1. The van der Waals surface area contributed by atoms with Gasteiger partial charge in [0, 0.05) is 50.6 Å². The standard InChI is InChI=1S/C18H22N6O/c1-25-15-10-17(23(13-15)8-9-24-7-3-6-21-24)18-20-12-16(22-18)14-4-2-5-19-11-14/h2-7,11-12,15,17H,8-10,13H2,1H3,(H,20,22)/t15-,17+/m1/s1. The molecular formula is C18H22N6O. The Morgan fingerprint density at radius 2 is 2.20 bits per heavy atom. The number of nitrogens with one attached hydrogen (secondary N) is 1. The van der Waals surface area contributed by atoms with Gasteiger partial charge in [0.25, 0.3) is 0 Å². The summed E-state index contributed by atoms with van der Waals surface area (Å²) in [4.78, 5) is 14.7. The zero-order chi connectivity index (χ0) is 17.1. The summed E-state index contributed by atoms with van der Waals surface area (Å²) < 4.78 is 7.56. The number of imidazole rings is 1. The van der Waals surface area contributed by atoms with E-state index in [1.807, 2.05) is 47.7 Å². The quantitative estimate of drug-likeness (QED) is 0.745. The summed E-state index contributed by atoms with van der Waals surface area (Å²) in [5.74, 6) is 0.985. The predicted molar refractivity (Wildman–Crippen MR) is 93.8 cm³/mol. The lowest BCUT2D eigenvalue weighted by Crippen LogP contribution is -2.29. The van der Waals surface area contributed by atoms with E-state index in [9.17, 15) is 0 Å². The smallest absolute Gasteiger partial charge is 0.124 e. The van der Waals surface area contributed by atoms with Crippen LogP contribution >= 0.6 is 0 Å². The second-order valence-electron chi connectivity index (χ2n) is 6.30. The van der Waals surface area contributed by atoms with E-state index >= 15 is 0 Å². The number of H-pyrrole nitrogens is 1. The second-order valence-corrected chi connectivity index (χ2v) is 6.30. The van der Waals surface area contributed by atoms with Crippen LogP contribution in [-0.2, 0) is 11.3 Å². The van der Waals surface area contributed by atoms with Crippen LogP contribution in [0.15, 0.2) is 49.2 Å². The Kier molecular flexibility index (Phi) is 4.58. The summed E-state index contributed by atoms with van der Waals surface area (Å²) in [5.41, 5.74) is 2.04. The molecule has 0 aromatic carbocycles. The van der Waals surface area contributed by atoms with Crippen molar-refractivity contribution in [2.75, 3.05) is 20.2 Å². The van der Waals surface area contributed by atoms with E-state index in [0.29, 0.717) is 0 Å². The van der Waals surface area contributed by atoms with Gasteiger partial charge in [0.2, 0.25) is 0 Å². The Hall–Kier alpha value is -2.51. The highest BCUT2D eigenvalue weighted by atomic mass is 16.5. The van der Waals surface area contributed by atoms with E-state index in [0.717, 1.165) is 43.1 Å². The van der Waals surface area contributed by atoms with Crippen molar-refractivity contribution in [2.24, 2.45) is 0 Å². The van der Waals surface area contributed by atoms with Crippen molar-refractivity contribution in [1.82, 2.24) is 29.6 Å². The molecule has 1 fully saturated rings. The van der Waals surface area contributed by atoms with Crippen LogP contribution in [0.3, 0.4) is 0 Å². The summed E-state index contributed by atoms with van der Waals surface area (Å²) in [6.45, 7) is 2.68. The first kappa shape index (κ1) is 16.0. The molecule has 7 nitrogen and oxygen atoms in total. The number of nitrogens with zero attached hydrogens (tertiary/aromatic N) is 5. The van der Waals surface area contributed by atoms with E-state index in [2.05, 4.69) is 25.0 Å². The number of pyridine rings is 1. The molecule has 0 saturated carbocycles. The lowest BCUT2D eigenvalue weighted by Gasteiger charge is -2.22. The number of aromatic nitrogens is 5. The molecule has 0 unspecified atom stereocenters. The molecule has 130 valence electrons. The first-order valence-electron chi connectivity index (χ1n) is 8.53. The van der Waals surface area contributed by atoms with Gasteiger partial charge in [0.1, 0.15) is 5.82 Å². The Balaban J connectivity index is 1.51. The number of likely N-dealkylation sites (tertiary alicyclic amines) is 1. The van der Waals surface area contributed by atoms with Crippen molar-refractivity contribution < 1.29 is 4.74 Å². The van der Waals surface area contributed by atoms with Gasteiger partial charge >= 0.3 is 0 Å². The zero-order valence-corrected chi connectivity index (χ0v) is 14.2. The van der Waals surface area contributed by atoms with Crippen LogP contribution < -0.4 is 0 Å². The summed E-state index contributed by atoms with van der Waals surface area (Å²) in [6.07, 6.45) is 10.5. The maximum absolute atomic E-state index is 5.61. The third-order valence-electron chi connectivity index (χ3n) is 4.76. The number of ether oxygens (including phenoxy) is 1. The van der Waals surface area contributed by atoms with Crippen molar-refractivity contribution in [3.63, 3.8) is 0 Å². The molecule has 4 heterocycles. The molecule has 0 radical (unpaired) electrons. The number of hydrogen-bond acceptors (Lipinski definition) is 5. The lowest BCUT2D eigenvalue weighted by molar-refractivity contribution is 0.107. The average Bonchev–Trinajstić information content (AvgIpc) is 3.40. The van der Waals surface area contributed by atoms with E-state index in [1.54, 1.807) is 13.3 Å². The molecule has 0 amide bonds. The molecule has 0 spiro atoms. The summed E-state index contributed by atoms with van der Waals surface area (Å²) >= 11 is 0. The summed E-state index contributed by atoms with van der Waals surface area (Å²) in [7, 11) is 1.78. The van der Waals surface area contributed by atoms with Crippen LogP contribution in [0.4, 0.5) is 0 Å². The number of rotatable bonds is 6. The summed E-state index contributed by atoms with van der Waals surface area (Å²) in [6, 6.07) is 6.15. The highest BCUT2D eigenvalue weighted by Crippen LogP contribution is 2.32. The minimum atomic E-state index is 0.228. The second kappa shape index (κ2) is 7.16. The minimum Gasteiger partial charge on any atom is -0.380 e. The van der Waals surface area contributed by atoms with E-state index < -0.39 is 0 Å². The molecule has 1 aliphatic heterocycles. The van der Waals surface area contributed by atoms with Gasteiger partial charge in [-0.25, -0.2) is 4.98 Å². The fraction of sp³-hybridized carbons (Fsp3) is 0.389. The van der Waals surface area contributed by atoms with Crippen molar-refractivity contribution in [2.45, 2.75) is 25.1 Å². The van der Waals surface area contributed by atoms with Crippen molar-refractivity contribution in [1.29, 1.82) is 0 Å². The normalized spacial score (nSPS) is 21.0. The van der Waals surface area contributed by atoms with Crippen LogP contribution in [-0.4, -0.2) is 55.9 Å². The minimum absolute atomic E-state index is 0.228. The first-order chi connectivity index (χ1) is 12.3. The molecule has 2 atom stereocenters. The van der Waals surface area contributed by atoms with Crippen LogP contribution in [0.5, 0.6) is 0 Å². The molecule has 1 aliphatic rings. The molecular weight excluding hydrogens is 316 g/mol. The molecule has 0 aliphatic carbocycles. The van der Waals surface area contributed by atoms with Gasteiger partial charge < -0.3 is 9.72 Å². The van der Waals surface area contributed by atoms with E-state index in [-0.39, 0.29) is 12.1 Å². The van der Waals surface area contributed by atoms with E-state index in [1.165, 1.54) is 0 Å². The van der Waals surface area contributed by atoms with Gasteiger partial charge in [-0.1, -0.05) is 0 Å². The first-order valence-corrected chi connectivity index (χ1v) is 8.53. The van der Waals surface area contributed by atoms with Crippen LogP contribution in [0.1, 0.15) is 18.3 Å². The highest BCUT2D eigenvalue weighted by molar-refractivity contribution is 5.56. The third kappa shape index (κ3) is 3.47. The fourth-order valence-corrected chi connectivity index (χ4v) is 3.40. The maximum atomic E-state index is 5.61. The predicted octanol–water partition coefficient (Wildman–Crippen LogP) is 2.13. The maximum Gasteiger partial charge on any atom is 0.124 e. The van der Waals surface area contributed by atoms with Crippen LogP contribution in [0.2, 0.25) is 0 Å². The summed E-state index contributed by atoms with van der Waals surface area (Å²) in [5, 5.41) is 4.29. The topological polar surface area (TPSA) is 71.9 Å². The van der Waals surface area contributed by atoms with Crippen LogP contribution in [0, 0.1) is 0 Å². The van der Waals surface area contributed by atoms with Gasteiger partial charge in [-0.05, 0) is 24.6 Å². The van der Waals surface area contributed by atoms with E-state index in [4.69, 9.17) is 4.74 Å². The highest BCUT2D eigenvalue weighted by Gasteiger charge is 2.34. The van der Waals surface area contributed by atoms with Crippen molar-refractivity contribution in [3.05, 3.63) is 55.0 Å². The van der Waals surface area contributed by atoms with Crippen molar-refractivity contribution in [3.8, 4) is 11.3 Å². The molecule has 3 aromatic heterocycles. The largest absolute Gasteiger partial charge is 0.380 e. The van der Waals surface area contributed by atoms with Gasteiger partial charge in [-0.2, -0.15) is 5.10 Å². The molecule has 7 heteroatoms. The zero-order valence-electron chi connectivity index (χ0n) is 14.2. The fourth-order valence-electron chi connectivity index (χ4n) is 3.40. The number of methoxy groups -OCH3 is 1. The average molecular weight is 338 g/mol.